The highest BCUT2D eigenvalue weighted by molar-refractivity contribution is 4.92. The van der Waals surface area contributed by atoms with Gasteiger partial charge in [0.25, 0.3) is 0 Å². The average molecular weight is 267 g/mol. The molecule has 19 heavy (non-hydrogen) atoms. The van der Waals surface area contributed by atoms with Crippen molar-refractivity contribution in [1.29, 1.82) is 0 Å². The molecule has 0 bridgehead atoms. The molecule has 3 heteroatoms. The zero-order valence-corrected chi connectivity index (χ0v) is 12.2. The maximum Gasteiger partial charge on any atom is 0.0817 e. The van der Waals surface area contributed by atoms with E-state index in [4.69, 9.17) is 9.47 Å². The summed E-state index contributed by atoms with van der Waals surface area (Å²) in [6.45, 7) is 2.90. The number of piperidine rings is 1. The maximum absolute atomic E-state index is 6.26. The van der Waals surface area contributed by atoms with Gasteiger partial charge in [-0.15, -0.1) is 0 Å². The molecule has 3 rings (SSSR count). The van der Waals surface area contributed by atoms with Crippen molar-refractivity contribution >= 4 is 0 Å². The second-order valence-electron chi connectivity index (χ2n) is 6.68. The van der Waals surface area contributed by atoms with Crippen LogP contribution in [0.25, 0.3) is 0 Å². The molecule has 2 unspecified atom stereocenters. The van der Waals surface area contributed by atoms with E-state index in [0.29, 0.717) is 12.1 Å². The summed E-state index contributed by atoms with van der Waals surface area (Å²) in [5, 5.41) is 3.58. The van der Waals surface area contributed by atoms with Gasteiger partial charge in [0.05, 0.1) is 18.3 Å². The number of ether oxygens (including phenoxy) is 2. The standard InChI is InChI=1S/C16H29NO2/c1-4-11-17-14(5-1)7-12-18-13-15-6-10-16(19-15)8-2-3-9-16/h14-15,17H,1-13H2. The molecule has 1 N–H and O–H groups in total. The van der Waals surface area contributed by atoms with E-state index in [1.54, 1.807) is 0 Å². The third-order valence-electron chi connectivity index (χ3n) is 5.18. The lowest BCUT2D eigenvalue weighted by atomic mass is 9.98. The molecule has 2 aliphatic heterocycles. The molecule has 1 aliphatic carbocycles. The summed E-state index contributed by atoms with van der Waals surface area (Å²) in [4.78, 5) is 0. The smallest absolute Gasteiger partial charge is 0.0817 e. The largest absolute Gasteiger partial charge is 0.379 e. The summed E-state index contributed by atoms with van der Waals surface area (Å²) in [7, 11) is 0. The quantitative estimate of drug-likeness (QED) is 0.777. The van der Waals surface area contributed by atoms with Crippen molar-refractivity contribution < 1.29 is 9.47 Å². The van der Waals surface area contributed by atoms with Gasteiger partial charge < -0.3 is 14.8 Å². The van der Waals surface area contributed by atoms with E-state index in [9.17, 15) is 0 Å². The van der Waals surface area contributed by atoms with Gasteiger partial charge in [-0.05, 0) is 51.5 Å². The predicted octanol–water partition coefficient (Wildman–Crippen LogP) is 3.03. The van der Waals surface area contributed by atoms with Crippen molar-refractivity contribution in [2.75, 3.05) is 19.8 Å². The molecule has 2 saturated heterocycles. The molecule has 0 aromatic rings. The Morgan fingerprint density at radius 1 is 1.05 bits per heavy atom. The van der Waals surface area contributed by atoms with Crippen LogP contribution in [0.3, 0.4) is 0 Å². The van der Waals surface area contributed by atoms with Crippen LogP contribution in [-0.4, -0.2) is 37.5 Å². The summed E-state index contributed by atoms with van der Waals surface area (Å²) < 4.78 is 12.1. The third kappa shape index (κ3) is 3.71. The van der Waals surface area contributed by atoms with Crippen LogP contribution in [0.2, 0.25) is 0 Å². The van der Waals surface area contributed by atoms with Crippen molar-refractivity contribution in [3.05, 3.63) is 0 Å². The first-order valence-electron chi connectivity index (χ1n) is 8.35. The minimum atomic E-state index is 0.263. The molecule has 3 nitrogen and oxygen atoms in total. The van der Waals surface area contributed by atoms with Gasteiger partial charge in [-0.2, -0.15) is 0 Å². The molecule has 1 saturated carbocycles. The van der Waals surface area contributed by atoms with Gasteiger partial charge in [-0.25, -0.2) is 0 Å². The van der Waals surface area contributed by atoms with E-state index in [0.717, 1.165) is 19.6 Å². The average Bonchev–Trinajstić information content (AvgIpc) is 3.07. The fraction of sp³-hybridized carbons (Fsp3) is 1.00. The van der Waals surface area contributed by atoms with Crippen molar-refractivity contribution in [3.63, 3.8) is 0 Å². The van der Waals surface area contributed by atoms with Crippen LogP contribution < -0.4 is 5.32 Å². The fourth-order valence-corrected chi connectivity index (χ4v) is 4.01. The van der Waals surface area contributed by atoms with Gasteiger partial charge >= 0.3 is 0 Å². The Labute approximate surface area is 117 Å². The number of hydrogen-bond acceptors (Lipinski definition) is 3. The first kappa shape index (κ1) is 13.8. The van der Waals surface area contributed by atoms with Crippen LogP contribution in [0, 0.1) is 0 Å². The van der Waals surface area contributed by atoms with Gasteiger partial charge in [0.1, 0.15) is 0 Å². The molecule has 1 spiro atoms. The van der Waals surface area contributed by atoms with E-state index in [-0.39, 0.29) is 5.60 Å². The summed E-state index contributed by atoms with van der Waals surface area (Å²) in [5.74, 6) is 0. The summed E-state index contributed by atoms with van der Waals surface area (Å²) in [6, 6.07) is 0.694. The van der Waals surface area contributed by atoms with E-state index >= 15 is 0 Å². The number of nitrogens with one attached hydrogen (secondary N) is 1. The van der Waals surface area contributed by atoms with E-state index in [1.807, 2.05) is 0 Å². The topological polar surface area (TPSA) is 30.5 Å². The van der Waals surface area contributed by atoms with Crippen molar-refractivity contribution in [2.24, 2.45) is 0 Å². The Hall–Kier alpha value is -0.120. The van der Waals surface area contributed by atoms with E-state index in [1.165, 1.54) is 64.3 Å². The predicted molar refractivity (Wildman–Crippen MR) is 76.4 cm³/mol. The van der Waals surface area contributed by atoms with Crippen molar-refractivity contribution in [3.8, 4) is 0 Å². The second-order valence-corrected chi connectivity index (χ2v) is 6.68. The molecule has 2 heterocycles. The summed E-state index contributed by atoms with van der Waals surface area (Å²) in [6.07, 6.45) is 13.4. The van der Waals surface area contributed by atoms with Gasteiger partial charge in [0.15, 0.2) is 0 Å². The first-order chi connectivity index (χ1) is 9.36. The zero-order chi connectivity index (χ0) is 13.0. The van der Waals surface area contributed by atoms with Crippen molar-refractivity contribution in [1.82, 2.24) is 5.32 Å². The minimum absolute atomic E-state index is 0.263. The van der Waals surface area contributed by atoms with Gasteiger partial charge in [-0.1, -0.05) is 19.3 Å². The first-order valence-corrected chi connectivity index (χ1v) is 8.35. The lowest BCUT2D eigenvalue weighted by molar-refractivity contribution is -0.0687. The van der Waals surface area contributed by atoms with Crippen LogP contribution in [0.5, 0.6) is 0 Å². The van der Waals surface area contributed by atoms with E-state index < -0.39 is 0 Å². The third-order valence-corrected chi connectivity index (χ3v) is 5.18. The Morgan fingerprint density at radius 3 is 2.74 bits per heavy atom. The minimum Gasteiger partial charge on any atom is -0.379 e. The Balaban J connectivity index is 1.28. The van der Waals surface area contributed by atoms with E-state index in [2.05, 4.69) is 5.32 Å². The molecular formula is C16H29NO2. The maximum atomic E-state index is 6.26. The molecule has 0 amide bonds. The van der Waals surface area contributed by atoms with Crippen molar-refractivity contribution in [2.45, 2.75) is 82.0 Å². The SMILES string of the molecule is C1CCC(CCOCC2CCC3(CCCC3)O2)NC1. The molecule has 0 aromatic heterocycles. The molecular weight excluding hydrogens is 238 g/mol. The molecule has 110 valence electrons. The monoisotopic (exact) mass is 267 g/mol. The van der Waals surface area contributed by atoms with Gasteiger partial charge in [0, 0.05) is 12.6 Å². The summed E-state index contributed by atoms with van der Waals surface area (Å²) in [5.41, 5.74) is 0.263. The highest BCUT2D eigenvalue weighted by atomic mass is 16.6. The van der Waals surface area contributed by atoms with Crippen LogP contribution in [0.1, 0.15) is 64.2 Å². The molecule has 3 fully saturated rings. The Kier molecular flexibility index (Phi) is 4.78. The van der Waals surface area contributed by atoms with Crippen LogP contribution in [0.4, 0.5) is 0 Å². The second kappa shape index (κ2) is 6.55. The number of rotatable bonds is 5. The lowest BCUT2D eigenvalue weighted by Gasteiger charge is -2.25. The van der Waals surface area contributed by atoms with Crippen LogP contribution in [0.15, 0.2) is 0 Å². The molecule has 3 aliphatic rings. The normalized spacial score (nSPS) is 34.1. The Bertz CT molecular complexity index is 270. The van der Waals surface area contributed by atoms with Crippen LogP contribution >= 0.6 is 0 Å². The van der Waals surface area contributed by atoms with Crippen LogP contribution in [-0.2, 0) is 9.47 Å². The molecule has 0 aromatic carbocycles. The molecule has 0 radical (unpaired) electrons. The molecule has 2 atom stereocenters. The highest BCUT2D eigenvalue weighted by Crippen LogP contribution is 2.43. The van der Waals surface area contributed by atoms with Gasteiger partial charge in [-0.3, -0.25) is 0 Å². The lowest BCUT2D eigenvalue weighted by Crippen LogP contribution is -2.35. The zero-order valence-electron chi connectivity index (χ0n) is 12.2. The number of hydrogen-bond donors (Lipinski definition) is 1. The fourth-order valence-electron chi connectivity index (χ4n) is 4.01. The Morgan fingerprint density at radius 2 is 1.95 bits per heavy atom. The van der Waals surface area contributed by atoms with Gasteiger partial charge in [0.2, 0.25) is 0 Å². The highest BCUT2D eigenvalue weighted by Gasteiger charge is 2.42. The summed E-state index contributed by atoms with van der Waals surface area (Å²) >= 11 is 0.